The quantitative estimate of drug-likeness (QED) is 0.0911. The van der Waals surface area contributed by atoms with Crippen LogP contribution < -0.4 is 11.5 Å². The van der Waals surface area contributed by atoms with Gasteiger partial charge in [0.1, 0.15) is 50.0 Å². The number of rotatable bonds is 15. The van der Waals surface area contributed by atoms with Gasteiger partial charge in [-0.3, -0.25) is 0 Å². The number of ether oxygens (including phenoxy) is 6. The van der Waals surface area contributed by atoms with Crippen LogP contribution in [0.15, 0.2) is 0 Å². The van der Waals surface area contributed by atoms with Crippen molar-refractivity contribution in [2.24, 2.45) is 17.4 Å². The number of aliphatic carboxylic acids is 2. The lowest BCUT2D eigenvalue weighted by Gasteiger charge is -2.48. The summed E-state index contributed by atoms with van der Waals surface area (Å²) in [6, 6.07) is -0.651. The Bertz CT molecular complexity index is 747. The summed E-state index contributed by atoms with van der Waals surface area (Å²) in [4.78, 5) is 21.8. The number of carboxylic acids is 2. The molecule has 0 aliphatic carbocycles. The maximum Gasteiger partial charge on any atom is 0.329 e. The molecule has 0 amide bonds. The van der Waals surface area contributed by atoms with Gasteiger partial charge in [0.15, 0.2) is 12.6 Å². The molecule has 2 aliphatic rings. The van der Waals surface area contributed by atoms with Crippen molar-refractivity contribution < 1.29 is 68.6 Å². The summed E-state index contributed by atoms with van der Waals surface area (Å²) in [5.41, 5.74) is 11.9. The minimum absolute atomic E-state index is 0.309. The fourth-order valence-corrected chi connectivity index (χ4v) is 4.28. The van der Waals surface area contributed by atoms with E-state index >= 15 is 0 Å². The molecule has 0 aromatic heterocycles. The number of nitrogens with two attached hydrogens (primary N) is 2. The zero-order chi connectivity index (χ0) is 28.6. The third-order valence-corrected chi connectivity index (χ3v) is 6.39. The van der Waals surface area contributed by atoms with Gasteiger partial charge in [0.25, 0.3) is 0 Å². The van der Waals surface area contributed by atoms with Crippen LogP contribution >= 0.6 is 0 Å². The third-order valence-electron chi connectivity index (χ3n) is 6.39. The Morgan fingerprint density at radius 3 is 1.84 bits per heavy atom. The maximum absolute atomic E-state index is 10.9. The second-order valence-electron chi connectivity index (χ2n) is 9.20. The van der Waals surface area contributed by atoms with Gasteiger partial charge in [-0.2, -0.15) is 0 Å². The van der Waals surface area contributed by atoms with Crippen LogP contribution in [-0.2, 0) is 38.0 Å². The van der Waals surface area contributed by atoms with E-state index in [-0.39, 0.29) is 6.61 Å². The van der Waals surface area contributed by atoms with Crippen LogP contribution in [0.5, 0.6) is 0 Å². The molecule has 12 atom stereocenters. The van der Waals surface area contributed by atoms with E-state index in [0.29, 0.717) is 12.8 Å². The molecular weight excluding hydrogens is 516 g/mol. The van der Waals surface area contributed by atoms with Gasteiger partial charge < -0.3 is 70.5 Å². The number of carbonyl (C=O) groups is 2. The molecule has 16 heteroatoms. The van der Waals surface area contributed by atoms with Crippen molar-refractivity contribution in [3.63, 3.8) is 0 Å². The molecule has 222 valence electrons. The molecule has 2 fully saturated rings. The van der Waals surface area contributed by atoms with Gasteiger partial charge in [0, 0.05) is 12.0 Å². The minimum Gasteiger partial charge on any atom is -0.480 e. The topological polar surface area (TPSA) is 263 Å². The Labute approximate surface area is 219 Å². The molecule has 2 saturated heterocycles. The Morgan fingerprint density at radius 1 is 0.789 bits per heavy atom. The first-order valence-electron chi connectivity index (χ1n) is 12.3. The van der Waals surface area contributed by atoms with Crippen molar-refractivity contribution in [1.29, 1.82) is 0 Å². The lowest BCUT2D eigenvalue weighted by molar-refractivity contribution is -0.361. The predicted octanol–water partition coefficient (Wildman–Crippen LogP) is -3.47. The van der Waals surface area contributed by atoms with Gasteiger partial charge in [-0.25, -0.2) is 9.59 Å². The number of carboxylic acid groups (broad SMARTS) is 2. The van der Waals surface area contributed by atoms with E-state index in [0.717, 1.165) is 0 Å². The monoisotopic (exact) mass is 556 g/mol. The van der Waals surface area contributed by atoms with Crippen molar-refractivity contribution in [3.8, 4) is 0 Å². The Kier molecular flexibility index (Phi) is 13.2. The van der Waals surface area contributed by atoms with Gasteiger partial charge in [-0.05, 0) is 12.8 Å². The van der Waals surface area contributed by atoms with E-state index in [9.17, 15) is 30.0 Å². The molecular formula is C22H40N2O14. The number of aliphatic hydroxyl groups is 4. The van der Waals surface area contributed by atoms with Crippen LogP contribution in [0.3, 0.4) is 0 Å². The fourth-order valence-electron chi connectivity index (χ4n) is 4.28. The summed E-state index contributed by atoms with van der Waals surface area (Å²) in [5, 5.41) is 60.8. The molecule has 2 rings (SSSR count). The van der Waals surface area contributed by atoms with E-state index in [4.69, 9.17) is 50.1 Å². The minimum atomic E-state index is -1.71. The van der Waals surface area contributed by atoms with Crippen molar-refractivity contribution in [2.45, 2.75) is 94.3 Å². The largest absolute Gasteiger partial charge is 0.480 e. The smallest absolute Gasteiger partial charge is 0.329 e. The van der Waals surface area contributed by atoms with E-state index in [1.54, 1.807) is 13.8 Å². The van der Waals surface area contributed by atoms with Crippen LogP contribution in [0.2, 0.25) is 0 Å². The van der Waals surface area contributed by atoms with Crippen LogP contribution in [-0.4, -0.2) is 137 Å². The Balaban J connectivity index is 2.24. The van der Waals surface area contributed by atoms with Gasteiger partial charge in [0.05, 0.1) is 25.4 Å². The highest BCUT2D eigenvalue weighted by molar-refractivity contribution is 5.68. The average molecular weight is 557 g/mol. The van der Waals surface area contributed by atoms with E-state index in [1.165, 1.54) is 0 Å². The Hall–Kier alpha value is -1.54. The van der Waals surface area contributed by atoms with Crippen molar-refractivity contribution in [2.75, 3.05) is 26.4 Å². The molecule has 0 saturated carbocycles. The standard InChI is InChI=1S/C22H40N2O14/c1-3-9(23)15-10(5-33-7-13(25)26)35-22(18(31)16(15)29)38-20-11(6-34-8-14(27)28)36-21(19(32)17(20)30)37-12(24)4-2/h9-12,15-22,29-32H,3-8,23-24H2,1-2H3,(H,25,26)(H,27,28). The molecule has 0 bridgehead atoms. The maximum atomic E-state index is 10.9. The zero-order valence-corrected chi connectivity index (χ0v) is 21.3. The van der Waals surface area contributed by atoms with Gasteiger partial charge in [-0.1, -0.05) is 13.8 Å². The van der Waals surface area contributed by atoms with E-state index in [1.807, 2.05) is 0 Å². The van der Waals surface area contributed by atoms with E-state index < -0.39 is 105 Å². The molecule has 16 nitrogen and oxygen atoms in total. The predicted molar refractivity (Wildman–Crippen MR) is 124 cm³/mol. The first-order chi connectivity index (χ1) is 17.9. The SMILES string of the molecule is CCC(N)OC1OC(COCC(=O)O)C(OC2OC(COCC(=O)O)C(C(N)CC)C(O)C2O)C(O)C1O. The molecule has 2 heterocycles. The second-order valence-corrected chi connectivity index (χ2v) is 9.20. The normalized spacial score (nSPS) is 37.5. The fraction of sp³-hybridized carbons (Fsp3) is 0.909. The lowest BCUT2D eigenvalue weighted by Crippen LogP contribution is -2.65. The summed E-state index contributed by atoms with van der Waals surface area (Å²) < 4.78 is 32.9. The van der Waals surface area contributed by atoms with Crippen LogP contribution in [0, 0.1) is 5.92 Å². The first-order valence-corrected chi connectivity index (χ1v) is 12.3. The number of aliphatic hydroxyl groups excluding tert-OH is 4. The number of hydrogen-bond acceptors (Lipinski definition) is 14. The van der Waals surface area contributed by atoms with Crippen molar-refractivity contribution in [1.82, 2.24) is 0 Å². The van der Waals surface area contributed by atoms with Crippen LogP contribution in [0.1, 0.15) is 26.7 Å². The third kappa shape index (κ3) is 8.73. The molecule has 2 aliphatic heterocycles. The highest BCUT2D eigenvalue weighted by Gasteiger charge is 2.52. The van der Waals surface area contributed by atoms with Crippen LogP contribution in [0.25, 0.3) is 0 Å². The Morgan fingerprint density at radius 2 is 1.32 bits per heavy atom. The summed E-state index contributed by atoms with van der Waals surface area (Å²) >= 11 is 0. The molecule has 0 aromatic carbocycles. The summed E-state index contributed by atoms with van der Waals surface area (Å²) in [6.45, 7) is 1.38. The lowest BCUT2D eigenvalue weighted by atomic mass is 9.82. The summed E-state index contributed by atoms with van der Waals surface area (Å²) in [6.07, 6.45) is -13.4. The molecule has 0 radical (unpaired) electrons. The van der Waals surface area contributed by atoms with Crippen LogP contribution in [0.4, 0.5) is 0 Å². The highest BCUT2D eigenvalue weighted by atomic mass is 16.7. The van der Waals surface area contributed by atoms with Gasteiger partial charge >= 0.3 is 11.9 Å². The van der Waals surface area contributed by atoms with Crippen molar-refractivity contribution in [3.05, 3.63) is 0 Å². The van der Waals surface area contributed by atoms with Gasteiger partial charge in [0.2, 0.25) is 0 Å². The molecule has 0 aromatic rings. The molecule has 38 heavy (non-hydrogen) atoms. The first kappa shape index (κ1) is 32.7. The van der Waals surface area contributed by atoms with Gasteiger partial charge in [-0.15, -0.1) is 0 Å². The summed E-state index contributed by atoms with van der Waals surface area (Å²) in [7, 11) is 0. The average Bonchev–Trinajstić information content (AvgIpc) is 2.86. The second kappa shape index (κ2) is 15.3. The van der Waals surface area contributed by atoms with Crippen molar-refractivity contribution >= 4 is 11.9 Å². The molecule has 0 spiro atoms. The molecule has 10 N–H and O–H groups in total. The summed E-state index contributed by atoms with van der Waals surface area (Å²) in [5.74, 6) is -3.35. The zero-order valence-electron chi connectivity index (χ0n) is 21.3. The highest BCUT2D eigenvalue weighted by Crippen LogP contribution is 2.33. The van der Waals surface area contributed by atoms with E-state index in [2.05, 4.69) is 0 Å². The number of hydrogen-bond donors (Lipinski definition) is 8. The molecule has 12 unspecified atom stereocenters.